The zero-order chi connectivity index (χ0) is 23.8. The van der Waals surface area contributed by atoms with Crippen LogP contribution in [0.1, 0.15) is 32.3 Å². The van der Waals surface area contributed by atoms with Gasteiger partial charge in [-0.05, 0) is 60.5 Å². The first kappa shape index (κ1) is 22.6. The van der Waals surface area contributed by atoms with Crippen molar-refractivity contribution in [1.29, 1.82) is 5.26 Å². The van der Waals surface area contributed by atoms with E-state index in [4.69, 9.17) is 5.26 Å². The minimum atomic E-state index is -4.07. The van der Waals surface area contributed by atoms with Crippen molar-refractivity contribution in [3.8, 4) is 6.07 Å². The summed E-state index contributed by atoms with van der Waals surface area (Å²) in [5, 5.41) is 10.7. The van der Waals surface area contributed by atoms with E-state index in [2.05, 4.69) is 0 Å². The highest BCUT2D eigenvalue weighted by molar-refractivity contribution is 7.89. The lowest BCUT2D eigenvalue weighted by Gasteiger charge is -2.31. The summed E-state index contributed by atoms with van der Waals surface area (Å²) in [6.07, 6.45) is 0.234. The van der Waals surface area contributed by atoms with Gasteiger partial charge in [-0.15, -0.1) is 0 Å². The number of nitrogens with zero attached hydrogens (tertiary/aromatic N) is 3. The molecule has 0 N–H and O–H groups in total. The first-order valence-electron chi connectivity index (χ1n) is 10.7. The van der Waals surface area contributed by atoms with Gasteiger partial charge in [-0.25, -0.2) is 13.3 Å². The Labute approximate surface area is 192 Å². The van der Waals surface area contributed by atoms with Crippen molar-refractivity contribution >= 4 is 38.3 Å². The van der Waals surface area contributed by atoms with E-state index >= 15 is 0 Å². The van der Waals surface area contributed by atoms with Crippen LogP contribution in [0.4, 0.5) is 5.69 Å². The summed E-state index contributed by atoms with van der Waals surface area (Å²) < 4.78 is 28.7. The normalized spacial score (nSPS) is 17.5. The molecule has 0 bridgehead atoms. The van der Waals surface area contributed by atoms with Crippen molar-refractivity contribution in [2.24, 2.45) is 0 Å². The molecule has 3 aromatic rings. The lowest BCUT2D eigenvalue weighted by Crippen LogP contribution is -2.49. The fourth-order valence-corrected chi connectivity index (χ4v) is 5.99. The molecule has 1 aliphatic heterocycles. The third-order valence-electron chi connectivity index (χ3n) is 6.01. The smallest absolute Gasteiger partial charge is 0.252 e. The third-order valence-corrected chi connectivity index (χ3v) is 8.03. The van der Waals surface area contributed by atoms with Gasteiger partial charge in [0.2, 0.25) is 15.9 Å². The van der Waals surface area contributed by atoms with Crippen LogP contribution in [-0.2, 0) is 19.6 Å². The number of anilines is 1. The summed E-state index contributed by atoms with van der Waals surface area (Å²) in [4.78, 5) is 27.3. The number of benzene rings is 3. The number of sulfonamides is 1. The van der Waals surface area contributed by atoms with Crippen LogP contribution in [0.3, 0.4) is 0 Å². The van der Waals surface area contributed by atoms with Crippen molar-refractivity contribution < 1.29 is 18.0 Å². The van der Waals surface area contributed by atoms with Crippen LogP contribution < -0.4 is 4.90 Å². The topological polar surface area (TPSA) is 98.5 Å². The van der Waals surface area contributed by atoms with Gasteiger partial charge in [0.15, 0.2) is 0 Å². The zero-order valence-electron chi connectivity index (χ0n) is 18.3. The molecular formula is C25H23N3O4S. The monoisotopic (exact) mass is 461 g/mol. The Kier molecular flexibility index (Phi) is 6.02. The van der Waals surface area contributed by atoms with E-state index < -0.39 is 33.9 Å². The SMILES string of the molecule is CCC(C)N(C1CC(=O)N(c2ccc(C#N)cc2)C1=O)S(=O)(=O)c1ccc2ccccc2c1. The van der Waals surface area contributed by atoms with Crippen molar-refractivity contribution in [3.63, 3.8) is 0 Å². The number of nitriles is 1. The predicted octanol–water partition coefficient (Wildman–Crippen LogP) is 3.83. The molecule has 168 valence electrons. The van der Waals surface area contributed by atoms with Gasteiger partial charge in [-0.2, -0.15) is 9.57 Å². The van der Waals surface area contributed by atoms with Crippen molar-refractivity contribution in [1.82, 2.24) is 4.31 Å². The highest BCUT2D eigenvalue weighted by atomic mass is 32.2. The van der Waals surface area contributed by atoms with Gasteiger partial charge in [-0.1, -0.05) is 37.3 Å². The van der Waals surface area contributed by atoms with Gasteiger partial charge in [-0.3, -0.25) is 9.59 Å². The number of fused-ring (bicyclic) bond motifs is 1. The Balaban J connectivity index is 1.74. The van der Waals surface area contributed by atoms with Crippen molar-refractivity contribution in [2.75, 3.05) is 4.90 Å². The molecule has 0 radical (unpaired) electrons. The number of rotatable bonds is 6. The molecule has 1 saturated heterocycles. The van der Waals surface area contributed by atoms with Crippen LogP contribution in [0.25, 0.3) is 10.8 Å². The van der Waals surface area contributed by atoms with E-state index in [1.165, 1.54) is 34.6 Å². The fourth-order valence-electron chi connectivity index (χ4n) is 4.11. The Morgan fingerprint density at radius 3 is 2.36 bits per heavy atom. The van der Waals surface area contributed by atoms with Gasteiger partial charge in [0, 0.05) is 6.04 Å². The van der Waals surface area contributed by atoms with E-state index in [1.807, 2.05) is 37.3 Å². The molecule has 2 amide bonds. The van der Waals surface area contributed by atoms with Gasteiger partial charge < -0.3 is 0 Å². The van der Waals surface area contributed by atoms with E-state index in [0.29, 0.717) is 17.7 Å². The number of imide groups is 1. The summed E-state index contributed by atoms with van der Waals surface area (Å²) in [5.41, 5.74) is 0.716. The van der Waals surface area contributed by atoms with Crippen molar-refractivity contribution in [2.45, 2.75) is 43.7 Å². The first-order valence-corrected chi connectivity index (χ1v) is 12.1. The van der Waals surface area contributed by atoms with E-state index in [0.717, 1.165) is 15.7 Å². The molecule has 8 heteroatoms. The maximum Gasteiger partial charge on any atom is 0.252 e. The molecule has 0 aromatic heterocycles. The predicted molar refractivity (Wildman–Crippen MR) is 125 cm³/mol. The van der Waals surface area contributed by atoms with Crippen LogP contribution in [0.5, 0.6) is 0 Å². The molecule has 0 aliphatic carbocycles. The maximum atomic E-state index is 13.8. The molecule has 1 fully saturated rings. The fraction of sp³-hybridized carbons (Fsp3) is 0.240. The third kappa shape index (κ3) is 4.01. The number of carbonyl (C=O) groups excluding carboxylic acids is 2. The average Bonchev–Trinajstić information content (AvgIpc) is 3.11. The van der Waals surface area contributed by atoms with Gasteiger partial charge in [0.05, 0.1) is 28.6 Å². The highest BCUT2D eigenvalue weighted by Gasteiger charge is 2.48. The Hall–Kier alpha value is -3.54. The standard InChI is InChI=1S/C25H23N3O4S/c1-3-17(2)28(33(31,32)22-13-10-19-6-4-5-7-20(19)14-22)23-15-24(29)27(25(23)30)21-11-8-18(16-26)9-12-21/h4-14,17,23H,3,15H2,1-2H3. The number of hydrogen-bond acceptors (Lipinski definition) is 5. The molecule has 2 unspecified atom stereocenters. The quantitative estimate of drug-likeness (QED) is 0.520. The Bertz CT molecular complexity index is 1380. The second-order valence-electron chi connectivity index (χ2n) is 8.05. The summed E-state index contributed by atoms with van der Waals surface area (Å²) >= 11 is 0. The second kappa shape index (κ2) is 8.77. The molecule has 1 heterocycles. The lowest BCUT2D eigenvalue weighted by atomic mass is 10.1. The van der Waals surface area contributed by atoms with Gasteiger partial charge in [0.1, 0.15) is 6.04 Å². The number of hydrogen-bond donors (Lipinski definition) is 0. The van der Waals surface area contributed by atoms with E-state index in [1.54, 1.807) is 19.1 Å². The lowest BCUT2D eigenvalue weighted by molar-refractivity contribution is -0.122. The summed E-state index contributed by atoms with van der Waals surface area (Å²) in [6.45, 7) is 3.58. The van der Waals surface area contributed by atoms with Gasteiger partial charge >= 0.3 is 0 Å². The Morgan fingerprint density at radius 2 is 1.73 bits per heavy atom. The molecule has 1 aliphatic rings. The summed E-state index contributed by atoms with van der Waals surface area (Å²) in [5.74, 6) is -1.06. The van der Waals surface area contributed by atoms with Crippen LogP contribution >= 0.6 is 0 Å². The minimum absolute atomic E-state index is 0.0820. The second-order valence-corrected chi connectivity index (χ2v) is 9.89. The maximum absolute atomic E-state index is 13.8. The number of carbonyl (C=O) groups is 2. The van der Waals surface area contributed by atoms with Crippen molar-refractivity contribution in [3.05, 3.63) is 72.3 Å². The van der Waals surface area contributed by atoms with Crippen LogP contribution in [0, 0.1) is 11.3 Å². The van der Waals surface area contributed by atoms with Gasteiger partial charge in [0.25, 0.3) is 5.91 Å². The van der Waals surface area contributed by atoms with Crippen LogP contribution in [0.2, 0.25) is 0 Å². The first-order chi connectivity index (χ1) is 15.8. The minimum Gasteiger partial charge on any atom is -0.274 e. The largest absolute Gasteiger partial charge is 0.274 e. The molecule has 0 spiro atoms. The van der Waals surface area contributed by atoms with E-state index in [-0.39, 0.29) is 11.3 Å². The number of amides is 2. The average molecular weight is 462 g/mol. The molecule has 33 heavy (non-hydrogen) atoms. The molecule has 2 atom stereocenters. The van der Waals surface area contributed by atoms with E-state index in [9.17, 15) is 18.0 Å². The van der Waals surface area contributed by atoms with Crippen LogP contribution in [0.15, 0.2) is 71.6 Å². The molecule has 0 saturated carbocycles. The molecule has 3 aromatic carbocycles. The zero-order valence-corrected chi connectivity index (χ0v) is 19.1. The molecule has 4 rings (SSSR count). The summed E-state index contributed by atoms with van der Waals surface area (Å²) in [6, 6.07) is 18.7. The molecular weight excluding hydrogens is 438 g/mol. The summed E-state index contributed by atoms with van der Waals surface area (Å²) in [7, 11) is -4.07. The highest BCUT2D eigenvalue weighted by Crippen LogP contribution is 2.32. The van der Waals surface area contributed by atoms with Crippen LogP contribution in [-0.4, -0.2) is 36.6 Å². The Morgan fingerprint density at radius 1 is 1.06 bits per heavy atom. The molecule has 7 nitrogen and oxygen atoms in total.